The SMILES string of the molecule is O=C(O)[C@H](Cc1ccc(Cl)c(Cl)c1)NC(=O)[C@@H]1CCCN1S(=O)(=O)c1cc(Cl)cc(Cl)c1. The van der Waals surface area contributed by atoms with E-state index >= 15 is 0 Å². The average molecular weight is 540 g/mol. The maximum absolute atomic E-state index is 13.1. The summed E-state index contributed by atoms with van der Waals surface area (Å²) in [5.74, 6) is -1.97. The minimum absolute atomic E-state index is 0.0542. The first-order valence-corrected chi connectivity index (χ1v) is 12.4. The van der Waals surface area contributed by atoms with Gasteiger partial charge < -0.3 is 10.4 Å². The van der Waals surface area contributed by atoms with Gasteiger partial charge in [-0.05, 0) is 48.7 Å². The Morgan fingerprint density at radius 2 is 1.72 bits per heavy atom. The Kier molecular flexibility index (Phi) is 7.96. The summed E-state index contributed by atoms with van der Waals surface area (Å²) in [6.45, 7) is 0.106. The molecule has 1 heterocycles. The van der Waals surface area contributed by atoms with Crippen molar-refractivity contribution in [3.63, 3.8) is 0 Å². The number of amides is 1. The van der Waals surface area contributed by atoms with Crippen molar-refractivity contribution in [2.75, 3.05) is 6.54 Å². The predicted octanol–water partition coefficient (Wildman–Crippen LogP) is 4.27. The number of hydrogen-bond acceptors (Lipinski definition) is 4. The Morgan fingerprint density at radius 3 is 2.31 bits per heavy atom. The highest BCUT2D eigenvalue weighted by Crippen LogP contribution is 2.30. The highest BCUT2D eigenvalue weighted by atomic mass is 35.5. The molecule has 0 spiro atoms. The molecule has 12 heteroatoms. The molecule has 0 aliphatic carbocycles. The van der Waals surface area contributed by atoms with Crippen LogP contribution in [0.3, 0.4) is 0 Å². The quantitative estimate of drug-likeness (QED) is 0.547. The summed E-state index contributed by atoms with van der Waals surface area (Å²) in [7, 11) is -4.08. The molecule has 0 unspecified atom stereocenters. The number of rotatable bonds is 7. The molecule has 2 atom stereocenters. The summed E-state index contributed by atoms with van der Waals surface area (Å²) in [6, 6.07) is 6.20. The first-order valence-electron chi connectivity index (χ1n) is 9.44. The van der Waals surface area contributed by atoms with Crippen LogP contribution in [0.15, 0.2) is 41.3 Å². The van der Waals surface area contributed by atoms with Crippen LogP contribution in [0.25, 0.3) is 0 Å². The molecule has 0 radical (unpaired) electrons. The molecule has 0 saturated carbocycles. The number of carbonyl (C=O) groups is 2. The van der Waals surface area contributed by atoms with Gasteiger partial charge in [-0.3, -0.25) is 4.79 Å². The van der Waals surface area contributed by atoms with Gasteiger partial charge in [0.25, 0.3) is 0 Å². The van der Waals surface area contributed by atoms with Crippen LogP contribution < -0.4 is 5.32 Å². The zero-order valence-electron chi connectivity index (χ0n) is 16.4. The summed E-state index contributed by atoms with van der Waals surface area (Å²) in [5.41, 5.74) is 0.552. The highest BCUT2D eigenvalue weighted by molar-refractivity contribution is 7.89. The van der Waals surface area contributed by atoms with Crippen molar-refractivity contribution in [3.8, 4) is 0 Å². The first-order chi connectivity index (χ1) is 15.0. The third-order valence-corrected chi connectivity index (χ3v) is 8.05. The average Bonchev–Trinajstić information content (AvgIpc) is 3.20. The van der Waals surface area contributed by atoms with Crippen molar-refractivity contribution in [3.05, 3.63) is 62.1 Å². The molecule has 1 aliphatic heterocycles. The molecule has 7 nitrogen and oxygen atoms in total. The van der Waals surface area contributed by atoms with Gasteiger partial charge in [-0.1, -0.05) is 52.5 Å². The predicted molar refractivity (Wildman–Crippen MR) is 123 cm³/mol. The maximum atomic E-state index is 13.1. The molecular formula is C20H18Cl4N2O5S. The lowest BCUT2D eigenvalue weighted by Crippen LogP contribution is -2.51. The number of carboxylic acid groups (broad SMARTS) is 1. The molecule has 3 rings (SSSR count). The van der Waals surface area contributed by atoms with Gasteiger partial charge in [-0.2, -0.15) is 4.31 Å². The van der Waals surface area contributed by atoms with Gasteiger partial charge in [0.05, 0.1) is 14.9 Å². The van der Waals surface area contributed by atoms with Crippen LogP contribution in [0.1, 0.15) is 18.4 Å². The molecule has 1 fully saturated rings. The Morgan fingerprint density at radius 1 is 1.06 bits per heavy atom. The highest BCUT2D eigenvalue weighted by Gasteiger charge is 2.40. The number of nitrogens with one attached hydrogen (secondary N) is 1. The standard InChI is InChI=1S/C20H18Cl4N2O5S/c21-12-8-13(22)10-14(9-12)32(30,31)26-5-1-2-18(26)19(27)25-17(20(28)29)7-11-3-4-15(23)16(24)6-11/h3-4,6,8-10,17-18H,1-2,5,7H2,(H,25,27)(H,28,29)/t17-,18-/m0/s1. The Hall–Kier alpha value is -1.55. The number of halogens is 4. The number of hydrogen-bond donors (Lipinski definition) is 2. The Balaban J connectivity index is 1.80. The molecular weight excluding hydrogens is 522 g/mol. The molecule has 172 valence electrons. The third-order valence-electron chi connectivity index (χ3n) is 4.99. The van der Waals surface area contributed by atoms with Crippen molar-refractivity contribution in [2.45, 2.75) is 36.2 Å². The third kappa shape index (κ3) is 5.68. The summed E-state index contributed by atoms with van der Waals surface area (Å²) in [4.78, 5) is 24.5. The number of nitrogens with zero attached hydrogens (tertiary/aromatic N) is 1. The number of carbonyl (C=O) groups excluding carboxylic acids is 1. The fraction of sp³-hybridized carbons (Fsp3) is 0.300. The lowest BCUT2D eigenvalue weighted by molar-refractivity contribution is -0.142. The normalized spacial score (nSPS) is 17.8. The van der Waals surface area contributed by atoms with Gasteiger partial charge in [0.1, 0.15) is 12.1 Å². The van der Waals surface area contributed by atoms with E-state index in [2.05, 4.69) is 5.32 Å². The van der Waals surface area contributed by atoms with Crippen LogP contribution in [0.5, 0.6) is 0 Å². The van der Waals surface area contributed by atoms with Gasteiger partial charge in [0.2, 0.25) is 15.9 Å². The summed E-state index contributed by atoms with van der Waals surface area (Å²) >= 11 is 23.7. The van der Waals surface area contributed by atoms with E-state index in [4.69, 9.17) is 46.4 Å². The summed E-state index contributed by atoms with van der Waals surface area (Å²) in [6.07, 6.45) is 0.635. The van der Waals surface area contributed by atoms with E-state index in [1.807, 2.05) is 0 Å². The van der Waals surface area contributed by atoms with Crippen molar-refractivity contribution >= 4 is 68.3 Å². The van der Waals surface area contributed by atoms with E-state index < -0.39 is 34.0 Å². The minimum atomic E-state index is -4.08. The lowest BCUT2D eigenvalue weighted by Gasteiger charge is -2.25. The van der Waals surface area contributed by atoms with E-state index in [0.29, 0.717) is 17.0 Å². The second-order valence-electron chi connectivity index (χ2n) is 7.23. The van der Waals surface area contributed by atoms with Crippen LogP contribution in [0.2, 0.25) is 20.1 Å². The fourth-order valence-corrected chi connectivity index (χ4v) is 6.18. The monoisotopic (exact) mass is 538 g/mol. The van der Waals surface area contributed by atoms with Gasteiger partial charge >= 0.3 is 5.97 Å². The van der Waals surface area contributed by atoms with E-state index in [1.54, 1.807) is 6.07 Å². The zero-order valence-corrected chi connectivity index (χ0v) is 20.2. The van der Waals surface area contributed by atoms with E-state index in [-0.39, 0.29) is 39.3 Å². The fourth-order valence-electron chi connectivity index (χ4n) is 3.47. The Labute approximate surface area is 205 Å². The lowest BCUT2D eigenvalue weighted by atomic mass is 10.1. The largest absolute Gasteiger partial charge is 0.480 e. The Bertz CT molecular complexity index is 1140. The second-order valence-corrected chi connectivity index (χ2v) is 10.8. The maximum Gasteiger partial charge on any atom is 0.326 e. The number of sulfonamides is 1. The van der Waals surface area contributed by atoms with E-state index in [1.165, 1.54) is 30.3 Å². The molecule has 2 N–H and O–H groups in total. The van der Waals surface area contributed by atoms with E-state index in [9.17, 15) is 23.1 Å². The zero-order chi connectivity index (χ0) is 23.6. The summed E-state index contributed by atoms with van der Waals surface area (Å²) < 4.78 is 27.3. The van der Waals surface area contributed by atoms with Crippen LogP contribution in [-0.2, 0) is 26.0 Å². The molecule has 1 amide bonds. The molecule has 1 aliphatic rings. The molecule has 0 aromatic heterocycles. The van der Waals surface area contributed by atoms with Crippen molar-refractivity contribution in [1.29, 1.82) is 0 Å². The molecule has 32 heavy (non-hydrogen) atoms. The van der Waals surface area contributed by atoms with Crippen LogP contribution >= 0.6 is 46.4 Å². The van der Waals surface area contributed by atoms with Crippen molar-refractivity contribution < 1.29 is 23.1 Å². The van der Waals surface area contributed by atoms with Gasteiger partial charge in [-0.15, -0.1) is 0 Å². The van der Waals surface area contributed by atoms with Crippen LogP contribution in [-0.4, -0.2) is 48.3 Å². The first kappa shape index (κ1) is 25.1. The van der Waals surface area contributed by atoms with Crippen molar-refractivity contribution in [2.24, 2.45) is 0 Å². The van der Waals surface area contributed by atoms with Gasteiger partial charge in [0, 0.05) is 23.0 Å². The summed E-state index contributed by atoms with van der Waals surface area (Å²) in [5, 5.41) is 12.9. The second kappa shape index (κ2) is 10.2. The smallest absolute Gasteiger partial charge is 0.326 e. The van der Waals surface area contributed by atoms with E-state index in [0.717, 1.165) is 4.31 Å². The minimum Gasteiger partial charge on any atom is -0.480 e. The number of benzene rings is 2. The molecule has 1 saturated heterocycles. The van der Waals surface area contributed by atoms with Crippen LogP contribution in [0.4, 0.5) is 0 Å². The molecule has 2 aromatic rings. The van der Waals surface area contributed by atoms with Gasteiger partial charge in [-0.25, -0.2) is 13.2 Å². The number of carboxylic acids is 1. The van der Waals surface area contributed by atoms with Gasteiger partial charge in [0.15, 0.2) is 0 Å². The molecule has 0 bridgehead atoms. The van der Waals surface area contributed by atoms with Crippen LogP contribution in [0, 0.1) is 0 Å². The number of aliphatic carboxylic acids is 1. The topological polar surface area (TPSA) is 104 Å². The molecule has 2 aromatic carbocycles. The van der Waals surface area contributed by atoms with Crippen molar-refractivity contribution in [1.82, 2.24) is 9.62 Å².